The van der Waals surface area contributed by atoms with Crippen molar-refractivity contribution < 1.29 is 4.79 Å². The zero-order chi connectivity index (χ0) is 9.07. The predicted molar refractivity (Wildman–Crippen MR) is 43.7 cm³/mol. The Labute approximate surface area is 65.6 Å². The van der Waals surface area contributed by atoms with Crippen LogP contribution < -0.4 is 17.2 Å². The van der Waals surface area contributed by atoms with E-state index in [9.17, 15) is 4.79 Å². The lowest BCUT2D eigenvalue weighted by Gasteiger charge is -2.16. The van der Waals surface area contributed by atoms with Crippen LogP contribution in [-0.2, 0) is 4.79 Å². The lowest BCUT2D eigenvalue weighted by Crippen LogP contribution is -2.32. The van der Waals surface area contributed by atoms with E-state index in [2.05, 4.69) is 4.99 Å². The standard InChI is InChI=1S/C6H14N4O/c1-6(2,3-4(7)11)10-5(8)9/h3H2,1-2H3,(H2,7,11)(H4,8,9,10). The second-order valence-corrected chi connectivity index (χ2v) is 2.99. The van der Waals surface area contributed by atoms with Crippen molar-refractivity contribution in [2.24, 2.45) is 22.2 Å². The number of nitrogens with zero attached hydrogens (tertiary/aromatic N) is 1. The van der Waals surface area contributed by atoms with Crippen LogP contribution in [0.15, 0.2) is 4.99 Å². The second-order valence-electron chi connectivity index (χ2n) is 2.99. The first-order valence-corrected chi connectivity index (χ1v) is 3.22. The maximum atomic E-state index is 10.5. The molecule has 0 fully saturated rings. The van der Waals surface area contributed by atoms with Crippen molar-refractivity contribution in [1.82, 2.24) is 0 Å². The Morgan fingerprint density at radius 1 is 1.36 bits per heavy atom. The average molecular weight is 158 g/mol. The van der Waals surface area contributed by atoms with Gasteiger partial charge in [-0.05, 0) is 13.8 Å². The summed E-state index contributed by atoms with van der Waals surface area (Å²) in [5, 5.41) is 0. The highest BCUT2D eigenvalue weighted by molar-refractivity contribution is 5.78. The highest BCUT2D eigenvalue weighted by atomic mass is 16.1. The number of hydrogen-bond acceptors (Lipinski definition) is 2. The molecule has 0 atom stereocenters. The minimum atomic E-state index is -0.593. The molecule has 1 amide bonds. The van der Waals surface area contributed by atoms with Gasteiger partial charge in [0.1, 0.15) is 0 Å². The number of nitrogens with two attached hydrogens (primary N) is 3. The van der Waals surface area contributed by atoms with Gasteiger partial charge in [0.05, 0.1) is 12.0 Å². The molecule has 5 heteroatoms. The highest BCUT2D eigenvalue weighted by Gasteiger charge is 2.19. The molecular weight excluding hydrogens is 144 g/mol. The van der Waals surface area contributed by atoms with Crippen LogP contribution in [0.25, 0.3) is 0 Å². The number of carbonyl (C=O) groups is 1. The quantitative estimate of drug-likeness (QED) is 0.359. The maximum Gasteiger partial charge on any atom is 0.219 e. The smallest absolute Gasteiger partial charge is 0.219 e. The van der Waals surface area contributed by atoms with Crippen molar-refractivity contribution in [2.75, 3.05) is 0 Å². The maximum absolute atomic E-state index is 10.5. The third-order valence-electron chi connectivity index (χ3n) is 1.04. The summed E-state index contributed by atoms with van der Waals surface area (Å²) in [6, 6.07) is 0. The first kappa shape index (κ1) is 9.74. The fourth-order valence-corrected chi connectivity index (χ4v) is 0.815. The Morgan fingerprint density at radius 3 is 2.09 bits per heavy atom. The molecule has 0 aliphatic rings. The summed E-state index contributed by atoms with van der Waals surface area (Å²) in [6.45, 7) is 3.47. The number of aliphatic imine (C=N–C) groups is 1. The minimum absolute atomic E-state index is 0.0312. The fraction of sp³-hybridized carbons (Fsp3) is 0.667. The van der Waals surface area contributed by atoms with Crippen LogP contribution in [0.3, 0.4) is 0 Å². The lowest BCUT2D eigenvalue weighted by molar-refractivity contribution is -0.118. The molecule has 0 radical (unpaired) electrons. The molecule has 0 bridgehead atoms. The normalized spacial score (nSPS) is 10.7. The molecule has 5 nitrogen and oxygen atoms in total. The van der Waals surface area contributed by atoms with Crippen molar-refractivity contribution in [3.8, 4) is 0 Å². The lowest BCUT2D eigenvalue weighted by atomic mass is 10.0. The summed E-state index contributed by atoms with van der Waals surface area (Å²) in [7, 11) is 0. The van der Waals surface area contributed by atoms with E-state index in [0.29, 0.717) is 0 Å². The molecule has 0 rings (SSSR count). The Balaban J connectivity index is 4.22. The van der Waals surface area contributed by atoms with Crippen LogP contribution >= 0.6 is 0 Å². The van der Waals surface area contributed by atoms with Gasteiger partial charge in [-0.2, -0.15) is 0 Å². The minimum Gasteiger partial charge on any atom is -0.370 e. The average Bonchev–Trinajstić information content (AvgIpc) is 1.53. The number of guanidine groups is 1. The van der Waals surface area contributed by atoms with E-state index in [0.717, 1.165) is 0 Å². The Hall–Kier alpha value is -1.26. The number of rotatable bonds is 3. The molecule has 0 saturated carbocycles. The van der Waals surface area contributed by atoms with E-state index < -0.39 is 11.4 Å². The van der Waals surface area contributed by atoms with Crippen LogP contribution in [-0.4, -0.2) is 17.4 Å². The van der Waals surface area contributed by atoms with E-state index in [-0.39, 0.29) is 12.4 Å². The van der Waals surface area contributed by atoms with Crippen molar-refractivity contribution >= 4 is 11.9 Å². The van der Waals surface area contributed by atoms with E-state index >= 15 is 0 Å². The van der Waals surface area contributed by atoms with Gasteiger partial charge in [0.25, 0.3) is 0 Å². The first-order chi connectivity index (χ1) is 4.83. The number of amides is 1. The topological polar surface area (TPSA) is 107 Å². The summed E-state index contributed by atoms with van der Waals surface area (Å²) >= 11 is 0. The molecule has 0 aromatic carbocycles. The Morgan fingerprint density at radius 2 is 1.82 bits per heavy atom. The number of hydrogen-bond donors (Lipinski definition) is 3. The van der Waals surface area contributed by atoms with Crippen LogP contribution in [0.4, 0.5) is 0 Å². The molecule has 0 aliphatic heterocycles. The van der Waals surface area contributed by atoms with Gasteiger partial charge >= 0.3 is 0 Å². The van der Waals surface area contributed by atoms with Gasteiger partial charge in [-0.15, -0.1) is 0 Å². The van der Waals surface area contributed by atoms with E-state index in [1.807, 2.05) is 0 Å². The summed E-state index contributed by atoms with van der Waals surface area (Å²) < 4.78 is 0. The second kappa shape index (κ2) is 3.23. The largest absolute Gasteiger partial charge is 0.370 e. The van der Waals surface area contributed by atoms with Gasteiger partial charge in [-0.25, -0.2) is 4.99 Å². The van der Waals surface area contributed by atoms with Gasteiger partial charge in [0, 0.05) is 0 Å². The molecule has 0 heterocycles. The van der Waals surface area contributed by atoms with E-state index in [1.165, 1.54) is 0 Å². The Bertz CT molecular complexity index is 181. The molecule has 0 aromatic rings. The zero-order valence-electron chi connectivity index (χ0n) is 6.79. The van der Waals surface area contributed by atoms with Crippen LogP contribution in [0.2, 0.25) is 0 Å². The molecule has 0 unspecified atom stereocenters. The molecule has 11 heavy (non-hydrogen) atoms. The van der Waals surface area contributed by atoms with Crippen molar-refractivity contribution in [3.63, 3.8) is 0 Å². The molecule has 0 saturated heterocycles. The van der Waals surface area contributed by atoms with E-state index in [1.54, 1.807) is 13.8 Å². The summed E-state index contributed by atoms with van der Waals surface area (Å²) in [6.07, 6.45) is 0.144. The van der Waals surface area contributed by atoms with Gasteiger partial charge < -0.3 is 17.2 Å². The van der Waals surface area contributed by atoms with Gasteiger partial charge in [-0.1, -0.05) is 0 Å². The SMILES string of the molecule is CC(C)(CC(N)=O)N=C(N)N. The zero-order valence-corrected chi connectivity index (χ0v) is 6.79. The van der Waals surface area contributed by atoms with Crippen LogP contribution in [0, 0.1) is 0 Å². The summed E-state index contributed by atoms with van der Waals surface area (Å²) in [4.78, 5) is 14.3. The first-order valence-electron chi connectivity index (χ1n) is 3.22. The van der Waals surface area contributed by atoms with Crippen molar-refractivity contribution in [2.45, 2.75) is 25.8 Å². The number of primary amides is 1. The monoisotopic (exact) mass is 158 g/mol. The predicted octanol–water partition coefficient (Wildman–Crippen LogP) is -1.09. The number of carbonyl (C=O) groups excluding carboxylic acids is 1. The molecule has 0 aromatic heterocycles. The molecule has 0 aliphatic carbocycles. The Kier molecular flexibility index (Phi) is 2.86. The summed E-state index contributed by atoms with van der Waals surface area (Å²) in [5.74, 6) is -0.448. The van der Waals surface area contributed by atoms with Gasteiger partial charge in [-0.3, -0.25) is 4.79 Å². The summed E-state index contributed by atoms with van der Waals surface area (Å²) in [5.41, 5.74) is 14.6. The van der Waals surface area contributed by atoms with Crippen molar-refractivity contribution in [1.29, 1.82) is 0 Å². The molecule has 64 valence electrons. The molecule has 6 N–H and O–H groups in total. The van der Waals surface area contributed by atoms with Crippen LogP contribution in [0.5, 0.6) is 0 Å². The van der Waals surface area contributed by atoms with Crippen LogP contribution in [0.1, 0.15) is 20.3 Å². The molecular formula is C6H14N4O. The van der Waals surface area contributed by atoms with Gasteiger partial charge in [0.15, 0.2) is 5.96 Å². The van der Waals surface area contributed by atoms with E-state index in [4.69, 9.17) is 17.2 Å². The highest BCUT2D eigenvalue weighted by Crippen LogP contribution is 2.12. The third kappa shape index (κ3) is 5.20. The van der Waals surface area contributed by atoms with Crippen molar-refractivity contribution in [3.05, 3.63) is 0 Å². The molecule has 0 spiro atoms. The fourth-order valence-electron chi connectivity index (χ4n) is 0.815. The van der Waals surface area contributed by atoms with Gasteiger partial charge in [0.2, 0.25) is 5.91 Å². The third-order valence-corrected chi connectivity index (χ3v) is 1.04.